The lowest BCUT2D eigenvalue weighted by Crippen LogP contribution is -2.34. The Morgan fingerprint density at radius 1 is 1.17 bits per heavy atom. The minimum absolute atomic E-state index is 0.0570. The molecule has 6 nitrogen and oxygen atoms in total. The third kappa shape index (κ3) is 7.72. The van der Waals surface area contributed by atoms with Gasteiger partial charge in [0.2, 0.25) is 5.89 Å². The molecular formula is C23H39N3O3. The van der Waals surface area contributed by atoms with E-state index >= 15 is 0 Å². The fraction of sp³-hybridized carbons (Fsp3) is 0.870. The van der Waals surface area contributed by atoms with Crippen LogP contribution in [0.25, 0.3) is 0 Å². The fourth-order valence-corrected chi connectivity index (χ4v) is 4.38. The summed E-state index contributed by atoms with van der Waals surface area (Å²) in [5.41, 5.74) is -0.476. The molecule has 2 saturated carbocycles. The molecule has 1 N–H and O–H groups in total. The van der Waals surface area contributed by atoms with E-state index in [0.717, 1.165) is 18.8 Å². The van der Waals surface area contributed by atoms with E-state index in [1.54, 1.807) is 0 Å². The zero-order chi connectivity index (χ0) is 20.7. The number of hydrogen-bond donors (Lipinski definition) is 1. The predicted octanol–water partition coefficient (Wildman–Crippen LogP) is 5.28. The normalized spacial score (nSPS) is 19.7. The van der Waals surface area contributed by atoms with Crippen LogP contribution in [0.1, 0.15) is 115 Å². The molecule has 29 heavy (non-hydrogen) atoms. The summed E-state index contributed by atoms with van der Waals surface area (Å²) in [5, 5.41) is 7.62. The first-order valence-corrected chi connectivity index (χ1v) is 11.7. The van der Waals surface area contributed by atoms with Gasteiger partial charge in [-0.3, -0.25) is 4.79 Å². The molecule has 0 amide bonds. The van der Waals surface area contributed by atoms with E-state index in [0.29, 0.717) is 30.7 Å². The molecule has 2 aliphatic rings. The summed E-state index contributed by atoms with van der Waals surface area (Å²) in [5.74, 6) is 1.88. The number of carbonyl (C=O) groups excluding carboxylic acids is 1. The lowest BCUT2D eigenvalue weighted by atomic mass is 9.84. The molecule has 2 fully saturated rings. The highest BCUT2D eigenvalue weighted by Crippen LogP contribution is 2.31. The van der Waals surface area contributed by atoms with E-state index in [-0.39, 0.29) is 11.9 Å². The second-order valence-corrected chi connectivity index (χ2v) is 9.98. The first kappa shape index (κ1) is 22.3. The maximum absolute atomic E-state index is 12.5. The highest BCUT2D eigenvalue weighted by atomic mass is 16.6. The second kappa shape index (κ2) is 10.6. The Bertz CT molecular complexity index is 628. The summed E-state index contributed by atoms with van der Waals surface area (Å²) >= 11 is 0. The first-order valence-electron chi connectivity index (χ1n) is 11.7. The monoisotopic (exact) mass is 405 g/mol. The van der Waals surface area contributed by atoms with Crippen LogP contribution in [0.5, 0.6) is 0 Å². The number of nitrogens with zero attached hydrogens (tertiary/aromatic N) is 2. The Balaban J connectivity index is 1.55. The van der Waals surface area contributed by atoms with Crippen molar-refractivity contribution in [1.82, 2.24) is 15.5 Å². The van der Waals surface area contributed by atoms with Crippen molar-refractivity contribution in [2.45, 2.75) is 122 Å². The number of ether oxygens (including phenoxy) is 1. The molecule has 0 unspecified atom stereocenters. The maximum Gasteiger partial charge on any atom is 0.307 e. The number of aromatic nitrogens is 2. The molecule has 0 aromatic carbocycles. The van der Waals surface area contributed by atoms with E-state index in [4.69, 9.17) is 9.26 Å². The molecule has 0 bridgehead atoms. The Hall–Kier alpha value is -1.43. The Morgan fingerprint density at radius 3 is 2.59 bits per heavy atom. The first-order chi connectivity index (χ1) is 13.9. The molecular weight excluding hydrogens is 366 g/mol. The zero-order valence-corrected chi connectivity index (χ0v) is 18.5. The topological polar surface area (TPSA) is 77.2 Å². The summed E-state index contributed by atoms with van der Waals surface area (Å²) in [4.78, 5) is 17.1. The quantitative estimate of drug-likeness (QED) is 0.534. The molecule has 6 heteroatoms. The highest BCUT2D eigenvalue weighted by Gasteiger charge is 2.26. The van der Waals surface area contributed by atoms with Gasteiger partial charge in [-0.1, -0.05) is 56.5 Å². The van der Waals surface area contributed by atoms with Crippen molar-refractivity contribution < 1.29 is 14.1 Å². The van der Waals surface area contributed by atoms with Crippen molar-refractivity contribution in [3.63, 3.8) is 0 Å². The third-order valence-electron chi connectivity index (χ3n) is 6.21. The Morgan fingerprint density at radius 2 is 1.93 bits per heavy atom. The second-order valence-electron chi connectivity index (χ2n) is 9.98. The van der Waals surface area contributed by atoms with Crippen molar-refractivity contribution >= 4 is 5.97 Å². The molecule has 0 saturated heterocycles. The van der Waals surface area contributed by atoms with Crippen LogP contribution in [-0.4, -0.2) is 27.8 Å². The smallest absolute Gasteiger partial charge is 0.307 e. The predicted molar refractivity (Wildman–Crippen MR) is 112 cm³/mol. The molecule has 0 spiro atoms. The van der Waals surface area contributed by atoms with Gasteiger partial charge < -0.3 is 14.6 Å². The molecule has 1 aromatic heterocycles. The zero-order valence-electron chi connectivity index (χ0n) is 18.5. The molecule has 0 radical (unpaired) electrons. The highest BCUT2D eigenvalue weighted by molar-refractivity contribution is 5.70. The largest absolute Gasteiger partial charge is 0.460 e. The lowest BCUT2D eigenvalue weighted by molar-refractivity contribution is -0.155. The van der Waals surface area contributed by atoms with Crippen LogP contribution in [-0.2, 0) is 16.1 Å². The van der Waals surface area contributed by atoms with Gasteiger partial charge in [0.15, 0.2) is 5.82 Å². The van der Waals surface area contributed by atoms with E-state index in [1.807, 2.05) is 20.8 Å². The summed E-state index contributed by atoms with van der Waals surface area (Å²) in [6.45, 7) is 6.34. The van der Waals surface area contributed by atoms with Gasteiger partial charge in [-0.05, 0) is 46.0 Å². The maximum atomic E-state index is 12.5. The summed E-state index contributed by atoms with van der Waals surface area (Å²) in [6.07, 6.45) is 14.1. The number of nitrogens with one attached hydrogen (secondary N) is 1. The van der Waals surface area contributed by atoms with Crippen LogP contribution >= 0.6 is 0 Å². The minimum Gasteiger partial charge on any atom is -0.460 e. The van der Waals surface area contributed by atoms with Gasteiger partial charge in [0.25, 0.3) is 0 Å². The van der Waals surface area contributed by atoms with Crippen molar-refractivity contribution in [2.75, 3.05) is 0 Å². The van der Waals surface area contributed by atoms with Gasteiger partial charge in [0, 0.05) is 12.0 Å². The summed E-state index contributed by atoms with van der Waals surface area (Å²) in [6, 6.07) is 0.588. The molecule has 0 aliphatic heterocycles. The van der Waals surface area contributed by atoms with Gasteiger partial charge in [-0.25, -0.2) is 0 Å². The van der Waals surface area contributed by atoms with Crippen molar-refractivity contribution in [1.29, 1.82) is 0 Å². The van der Waals surface area contributed by atoms with Crippen LogP contribution < -0.4 is 5.32 Å². The van der Waals surface area contributed by atoms with E-state index in [2.05, 4.69) is 15.5 Å². The van der Waals surface area contributed by atoms with Crippen molar-refractivity contribution in [3.05, 3.63) is 11.7 Å². The summed E-state index contributed by atoms with van der Waals surface area (Å²) < 4.78 is 11.1. The number of esters is 1. The molecule has 3 rings (SSSR count). The van der Waals surface area contributed by atoms with Crippen LogP contribution in [0.3, 0.4) is 0 Å². The van der Waals surface area contributed by atoms with Crippen LogP contribution in [0, 0.1) is 5.92 Å². The van der Waals surface area contributed by atoms with Crippen LogP contribution in [0.4, 0.5) is 0 Å². The van der Waals surface area contributed by atoms with Gasteiger partial charge in [-0.2, -0.15) is 4.98 Å². The Labute approximate surface area is 175 Å². The molecule has 164 valence electrons. The van der Waals surface area contributed by atoms with Crippen LogP contribution in [0.15, 0.2) is 4.52 Å². The molecule has 1 heterocycles. The fourth-order valence-electron chi connectivity index (χ4n) is 4.38. The lowest BCUT2D eigenvalue weighted by Gasteiger charge is -2.25. The average molecular weight is 406 g/mol. The number of hydrogen-bond acceptors (Lipinski definition) is 6. The molecule has 1 aromatic rings. The SMILES string of the molecule is CC(C)(C)OC(=O)C[C@@H](CCCC1CCCCC1)c1nc(CNC2CCC2)no1. The van der Waals surface area contributed by atoms with Crippen LogP contribution in [0.2, 0.25) is 0 Å². The number of carbonyl (C=O) groups is 1. The summed E-state index contributed by atoms with van der Waals surface area (Å²) in [7, 11) is 0. The van der Waals surface area contributed by atoms with Gasteiger partial charge in [0.1, 0.15) is 5.60 Å². The third-order valence-corrected chi connectivity index (χ3v) is 6.21. The van der Waals surface area contributed by atoms with Crippen molar-refractivity contribution in [3.8, 4) is 0 Å². The average Bonchev–Trinajstić information content (AvgIpc) is 3.08. The number of rotatable bonds is 10. The van der Waals surface area contributed by atoms with Gasteiger partial charge in [0.05, 0.1) is 13.0 Å². The Kier molecular flexibility index (Phi) is 8.10. The van der Waals surface area contributed by atoms with Gasteiger partial charge >= 0.3 is 5.97 Å². The van der Waals surface area contributed by atoms with Crippen molar-refractivity contribution in [2.24, 2.45) is 5.92 Å². The standard InChI is InChI=1S/C23H39N3O3/c1-23(2,3)28-21(27)15-18(12-7-11-17-9-5-4-6-10-17)22-25-20(26-29-22)16-24-19-13-8-14-19/h17-19,24H,4-16H2,1-3H3/t18-/m1/s1. The van der Waals surface area contributed by atoms with E-state index in [1.165, 1.54) is 57.8 Å². The van der Waals surface area contributed by atoms with E-state index in [9.17, 15) is 4.79 Å². The van der Waals surface area contributed by atoms with E-state index < -0.39 is 5.60 Å². The molecule has 1 atom stereocenters. The molecule has 2 aliphatic carbocycles. The van der Waals surface area contributed by atoms with Gasteiger partial charge in [-0.15, -0.1) is 0 Å². The minimum atomic E-state index is -0.476.